The zero-order valence-electron chi connectivity index (χ0n) is 9.54. The van der Waals surface area contributed by atoms with E-state index in [0.717, 1.165) is 0 Å². The quantitative estimate of drug-likeness (QED) is 0.691. The van der Waals surface area contributed by atoms with Crippen molar-refractivity contribution >= 4 is 11.8 Å². The molecule has 2 fully saturated rings. The molecule has 1 aliphatic carbocycles. The smallest absolute Gasteiger partial charge is 0.246 e. The number of nitrogens with zero attached hydrogens (tertiary/aromatic N) is 1. The molecule has 0 aromatic carbocycles. The Kier molecular flexibility index (Phi) is 2.34. The van der Waals surface area contributed by atoms with Crippen LogP contribution < -0.4 is 5.32 Å². The van der Waals surface area contributed by atoms with Crippen molar-refractivity contribution in [2.24, 2.45) is 5.41 Å². The molecule has 1 saturated carbocycles. The van der Waals surface area contributed by atoms with Gasteiger partial charge in [-0.25, -0.2) is 0 Å². The molecule has 15 heavy (non-hydrogen) atoms. The minimum absolute atomic E-state index is 0.0781. The van der Waals surface area contributed by atoms with E-state index in [-0.39, 0.29) is 17.9 Å². The largest absolute Gasteiger partial charge is 0.302 e. The van der Waals surface area contributed by atoms with Crippen LogP contribution in [0.4, 0.5) is 0 Å². The van der Waals surface area contributed by atoms with Crippen LogP contribution in [0.2, 0.25) is 0 Å². The zero-order chi connectivity index (χ0) is 11.2. The lowest BCUT2D eigenvalue weighted by Crippen LogP contribution is -2.45. The summed E-state index contributed by atoms with van der Waals surface area (Å²) in [5.41, 5.74) is 0.338. The van der Waals surface area contributed by atoms with Crippen molar-refractivity contribution in [3.05, 3.63) is 0 Å². The number of rotatable bonds is 3. The molecule has 0 radical (unpaired) electrons. The SMILES string of the molecule is CC(NC1CC(=O)N(C)C1=O)C1(C)CC1. The maximum Gasteiger partial charge on any atom is 0.246 e. The van der Waals surface area contributed by atoms with Crippen LogP contribution in [-0.4, -0.2) is 35.8 Å². The van der Waals surface area contributed by atoms with Crippen LogP contribution in [0.3, 0.4) is 0 Å². The summed E-state index contributed by atoms with van der Waals surface area (Å²) in [7, 11) is 1.55. The molecule has 0 bridgehead atoms. The summed E-state index contributed by atoms with van der Waals surface area (Å²) in [4.78, 5) is 24.2. The van der Waals surface area contributed by atoms with Crippen molar-refractivity contribution in [2.45, 2.75) is 45.2 Å². The number of amides is 2. The Morgan fingerprint density at radius 2 is 2.07 bits per heavy atom. The number of imide groups is 1. The molecule has 4 nitrogen and oxygen atoms in total. The first-order chi connectivity index (χ1) is 6.94. The number of likely N-dealkylation sites (tertiary alicyclic amines) is 1. The molecule has 0 spiro atoms. The zero-order valence-corrected chi connectivity index (χ0v) is 9.54. The predicted octanol–water partition coefficient (Wildman–Crippen LogP) is 0.522. The van der Waals surface area contributed by atoms with Crippen LogP contribution in [0, 0.1) is 5.41 Å². The molecule has 0 aromatic heterocycles. The lowest BCUT2D eigenvalue weighted by Gasteiger charge is -2.23. The van der Waals surface area contributed by atoms with Gasteiger partial charge in [0.25, 0.3) is 0 Å². The third-order valence-electron chi connectivity index (χ3n) is 3.92. The topological polar surface area (TPSA) is 49.4 Å². The lowest BCUT2D eigenvalue weighted by atomic mass is 9.99. The molecule has 2 unspecified atom stereocenters. The lowest BCUT2D eigenvalue weighted by molar-refractivity contribution is -0.137. The van der Waals surface area contributed by atoms with Crippen molar-refractivity contribution in [3.8, 4) is 0 Å². The van der Waals surface area contributed by atoms with Gasteiger partial charge in [-0.3, -0.25) is 14.5 Å². The van der Waals surface area contributed by atoms with Gasteiger partial charge in [0.2, 0.25) is 11.8 Å². The molecule has 84 valence electrons. The number of hydrogen-bond donors (Lipinski definition) is 1. The van der Waals surface area contributed by atoms with Gasteiger partial charge in [-0.1, -0.05) is 6.92 Å². The molecule has 2 atom stereocenters. The molecular weight excluding hydrogens is 192 g/mol. The first kappa shape index (κ1) is 10.6. The van der Waals surface area contributed by atoms with Gasteiger partial charge in [0.05, 0.1) is 12.5 Å². The van der Waals surface area contributed by atoms with E-state index >= 15 is 0 Å². The molecule has 4 heteroatoms. The first-order valence-electron chi connectivity index (χ1n) is 5.50. The van der Waals surface area contributed by atoms with Crippen LogP contribution >= 0.6 is 0 Å². The fourth-order valence-corrected chi connectivity index (χ4v) is 2.02. The number of hydrogen-bond acceptors (Lipinski definition) is 3. The molecule has 1 N–H and O–H groups in total. The van der Waals surface area contributed by atoms with E-state index in [2.05, 4.69) is 19.2 Å². The van der Waals surface area contributed by atoms with Gasteiger partial charge >= 0.3 is 0 Å². The Bertz CT molecular complexity index is 310. The highest BCUT2D eigenvalue weighted by Crippen LogP contribution is 2.48. The van der Waals surface area contributed by atoms with Gasteiger partial charge in [0.1, 0.15) is 0 Å². The number of carbonyl (C=O) groups excluding carboxylic acids is 2. The van der Waals surface area contributed by atoms with E-state index in [4.69, 9.17) is 0 Å². The molecule has 2 aliphatic rings. The standard InChI is InChI=1S/C11H18N2O2/c1-7(11(2)4-5-11)12-8-6-9(14)13(3)10(8)15/h7-8,12H,4-6H2,1-3H3. The second kappa shape index (κ2) is 3.30. The van der Waals surface area contributed by atoms with Crippen LogP contribution in [0.5, 0.6) is 0 Å². The highest BCUT2D eigenvalue weighted by Gasteiger charge is 2.45. The second-order valence-corrected chi connectivity index (χ2v) is 5.09. The van der Waals surface area contributed by atoms with E-state index in [9.17, 15) is 9.59 Å². The summed E-state index contributed by atoms with van der Waals surface area (Å²) < 4.78 is 0. The van der Waals surface area contributed by atoms with E-state index < -0.39 is 0 Å². The third-order valence-corrected chi connectivity index (χ3v) is 3.92. The third kappa shape index (κ3) is 1.78. The molecular formula is C11H18N2O2. The molecule has 1 heterocycles. The fraction of sp³-hybridized carbons (Fsp3) is 0.818. The molecule has 1 saturated heterocycles. The fourth-order valence-electron chi connectivity index (χ4n) is 2.02. The summed E-state index contributed by atoms with van der Waals surface area (Å²) in [6.07, 6.45) is 2.74. The minimum atomic E-state index is -0.296. The summed E-state index contributed by atoms with van der Waals surface area (Å²) in [5.74, 6) is -0.165. The van der Waals surface area contributed by atoms with Gasteiger partial charge in [0, 0.05) is 13.1 Å². The average molecular weight is 210 g/mol. The van der Waals surface area contributed by atoms with Gasteiger partial charge in [0.15, 0.2) is 0 Å². The van der Waals surface area contributed by atoms with Gasteiger partial charge in [-0.05, 0) is 25.2 Å². The van der Waals surface area contributed by atoms with E-state index in [1.807, 2.05) is 0 Å². The van der Waals surface area contributed by atoms with Gasteiger partial charge in [-0.2, -0.15) is 0 Å². The maximum absolute atomic E-state index is 11.6. The Hall–Kier alpha value is -0.900. The molecule has 1 aliphatic heterocycles. The van der Waals surface area contributed by atoms with Crippen LogP contribution in [-0.2, 0) is 9.59 Å². The minimum Gasteiger partial charge on any atom is -0.302 e. The van der Waals surface area contributed by atoms with E-state index in [1.165, 1.54) is 17.7 Å². The predicted molar refractivity (Wildman–Crippen MR) is 56.1 cm³/mol. The van der Waals surface area contributed by atoms with Crippen molar-refractivity contribution in [3.63, 3.8) is 0 Å². The second-order valence-electron chi connectivity index (χ2n) is 5.09. The van der Waals surface area contributed by atoms with Crippen LogP contribution in [0.1, 0.15) is 33.1 Å². The van der Waals surface area contributed by atoms with E-state index in [1.54, 1.807) is 7.05 Å². The van der Waals surface area contributed by atoms with Crippen LogP contribution in [0.25, 0.3) is 0 Å². The highest BCUT2D eigenvalue weighted by molar-refractivity contribution is 6.05. The molecule has 2 amide bonds. The first-order valence-corrected chi connectivity index (χ1v) is 5.50. The van der Waals surface area contributed by atoms with Gasteiger partial charge < -0.3 is 5.32 Å². The summed E-state index contributed by atoms with van der Waals surface area (Å²) in [6, 6.07) is 0.0145. The Morgan fingerprint density at radius 1 is 1.47 bits per heavy atom. The van der Waals surface area contributed by atoms with Crippen molar-refractivity contribution in [2.75, 3.05) is 7.05 Å². The monoisotopic (exact) mass is 210 g/mol. The number of likely N-dealkylation sites (N-methyl/N-ethyl adjacent to an activating group) is 1. The van der Waals surface area contributed by atoms with Crippen molar-refractivity contribution in [1.82, 2.24) is 10.2 Å². The Labute approximate surface area is 90.0 Å². The van der Waals surface area contributed by atoms with E-state index in [0.29, 0.717) is 17.9 Å². The maximum atomic E-state index is 11.6. The van der Waals surface area contributed by atoms with Crippen molar-refractivity contribution in [1.29, 1.82) is 0 Å². The summed E-state index contributed by atoms with van der Waals surface area (Å²) >= 11 is 0. The summed E-state index contributed by atoms with van der Waals surface area (Å²) in [6.45, 7) is 4.32. The average Bonchev–Trinajstić information content (AvgIpc) is 2.89. The highest BCUT2D eigenvalue weighted by atomic mass is 16.2. The number of nitrogens with one attached hydrogen (secondary N) is 1. The Morgan fingerprint density at radius 3 is 2.47 bits per heavy atom. The van der Waals surface area contributed by atoms with Gasteiger partial charge in [-0.15, -0.1) is 0 Å². The number of carbonyl (C=O) groups is 2. The normalized spacial score (nSPS) is 30.9. The molecule has 2 rings (SSSR count). The Balaban J connectivity index is 1.96. The summed E-state index contributed by atoms with van der Waals surface area (Å²) in [5, 5.41) is 3.28. The van der Waals surface area contributed by atoms with Crippen LogP contribution in [0.15, 0.2) is 0 Å². The van der Waals surface area contributed by atoms with Crippen molar-refractivity contribution < 1.29 is 9.59 Å². The molecule has 0 aromatic rings.